The predicted octanol–water partition coefficient (Wildman–Crippen LogP) is 3.42. The van der Waals surface area contributed by atoms with E-state index in [0.717, 1.165) is 74.3 Å². The molecule has 1 aromatic carbocycles. The summed E-state index contributed by atoms with van der Waals surface area (Å²) in [7, 11) is 0. The van der Waals surface area contributed by atoms with Crippen molar-refractivity contribution in [3.63, 3.8) is 0 Å². The van der Waals surface area contributed by atoms with Crippen LogP contribution in [0.25, 0.3) is 5.69 Å². The number of benzene rings is 1. The van der Waals surface area contributed by atoms with Crippen LogP contribution in [-0.2, 0) is 17.9 Å². The largest absolute Gasteiger partial charge is 0.355 e. The third kappa shape index (κ3) is 3.39. The lowest BCUT2D eigenvalue weighted by molar-refractivity contribution is -0.139. The lowest BCUT2D eigenvalue weighted by Crippen LogP contribution is -2.73. The number of carbonyl (C=O) groups is 1. The molecule has 0 atom stereocenters. The van der Waals surface area contributed by atoms with Crippen LogP contribution in [0.1, 0.15) is 30.7 Å². The second kappa shape index (κ2) is 7.65. The Labute approximate surface area is 207 Å². The normalized spacial score (nSPS) is 20.5. The molecule has 3 fully saturated rings. The minimum absolute atomic E-state index is 0.124. The molecule has 1 saturated carbocycles. The average Bonchev–Trinajstić information content (AvgIpc) is 3.07. The number of anilines is 2. The van der Waals surface area contributed by atoms with E-state index in [1.807, 2.05) is 23.1 Å². The first kappa shape index (κ1) is 21.1. The average molecular weight is 494 g/mol. The van der Waals surface area contributed by atoms with E-state index in [0.29, 0.717) is 18.1 Å². The summed E-state index contributed by atoms with van der Waals surface area (Å²) in [5.41, 5.74) is 2.18. The molecule has 2 aromatic heterocycles. The van der Waals surface area contributed by atoms with E-state index in [1.165, 1.54) is 12.3 Å². The van der Waals surface area contributed by atoms with Gasteiger partial charge in [0.25, 0.3) is 0 Å². The lowest BCUT2D eigenvalue weighted by Gasteiger charge is -2.60. The quantitative estimate of drug-likeness (QED) is 0.557. The molecule has 3 aliphatic heterocycles. The molecule has 4 aliphatic rings. The van der Waals surface area contributed by atoms with E-state index >= 15 is 0 Å². The summed E-state index contributed by atoms with van der Waals surface area (Å²) >= 11 is 6.35. The summed E-state index contributed by atoms with van der Waals surface area (Å²) in [6.07, 6.45) is 4.33. The topological polar surface area (TPSA) is 70.4 Å². The Bertz CT molecular complexity index is 1310. The third-order valence-electron chi connectivity index (χ3n) is 7.88. The van der Waals surface area contributed by atoms with Crippen LogP contribution < -0.4 is 9.80 Å². The van der Waals surface area contributed by atoms with Crippen LogP contribution in [0.2, 0.25) is 5.02 Å². The Morgan fingerprint density at radius 3 is 2.54 bits per heavy atom. The van der Waals surface area contributed by atoms with Crippen LogP contribution in [0.5, 0.6) is 0 Å². The molecule has 180 valence electrons. The van der Waals surface area contributed by atoms with Crippen LogP contribution in [0, 0.1) is 17.2 Å². The number of rotatable bonds is 3. The fourth-order valence-corrected chi connectivity index (χ4v) is 6.04. The molecule has 5 heterocycles. The number of aromatic nitrogens is 4. The Kier molecular flexibility index (Phi) is 4.61. The van der Waals surface area contributed by atoms with Gasteiger partial charge in [0.1, 0.15) is 11.6 Å². The highest BCUT2D eigenvalue weighted by molar-refractivity contribution is 6.30. The number of amides is 1. The van der Waals surface area contributed by atoms with E-state index in [4.69, 9.17) is 11.6 Å². The SMILES string of the molecule is O=C(C1CCC1)N1Cc2cc(Cl)ccc2-n2c(nnc2N2CC3(CN(c4ccc(F)cn4)C3)C2)C1. The zero-order valence-corrected chi connectivity index (χ0v) is 20.0. The maximum Gasteiger partial charge on any atom is 0.232 e. The molecular formula is C25H25ClFN7O. The van der Waals surface area contributed by atoms with Crippen molar-refractivity contribution < 1.29 is 9.18 Å². The van der Waals surface area contributed by atoms with Crippen LogP contribution >= 0.6 is 11.6 Å². The Balaban J connectivity index is 1.14. The molecule has 0 radical (unpaired) electrons. The molecule has 2 saturated heterocycles. The second-order valence-corrected chi connectivity index (χ2v) is 10.8. The molecule has 1 aliphatic carbocycles. The van der Waals surface area contributed by atoms with Crippen molar-refractivity contribution in [1.29, 1.82) is 0 Å². The molecule has 0 bridgehead atoms. The van der Waals surface area contributed by atoms with Crippen molar-refractivity contribution in [3.05, 3.63) is 58.8 Å². The van der Waals surface area contributed by atoms with Gasteiger partial charge in [-0.25, -0.2) is 9.37 Å². The molecule has 0 N–H and O–H groups in total. The molecule has 0 unspecified atom stereocenters. The Morgan fingerprint density at radius 2 is 1.83 bits per heavy atom. The summed E-state index contributed by atoms with van der Waals surface area (Å²) < 4.78 is 15.3. The van der Waals surface area contributed by atoms with Gasteiger partial charge in [-0.15, -0.1) is 10.2 Å². The van der Waals surface area contributed by atoms with E-state index < -0.39 is 0 Å². The lowest BCUT2D eigenvalue weighted by atomic mass is 9.73. The van der Waals surface area contributed by atoms with Gasteiger partial charge in [0.2, 0.25) is 11.9 Å². The van der Waals surface area contributed by atoms with Gasteiger partial charge in [-0.3, -0.25) is 9.36 Å². The van der Waals surface area contributed by atoms with Crippen molar-refractivity contribution in [2.24, 2.45) is 11.3 Å². The molecule has 1 spiro atoms. The highest BCUT2D eigenvalue weighted by Gasteiger charge is 2.53. The number of hydrogen-bond acceptors (Lipinski definition) is 6. The highest BCUT2D eigenvalue weighted by atomic mass is 35.5. The summed E-state index contributed by atoms with van der Waals surface area (Å²) in [6.45, 7) is 4.49. The van der Waals surface area contributed by atoms with Gasteiger partial charge in [0.05, 0.1) is 18.4 Å². The molecule has 10 heteroatoms. The molecule has 7 rings (SSSR count). The smallest absolute Gasteiger partial charge is 0.232 e. The minimum Gasteiger partial charge on any atom is -0.355 e. The van der Waals surface area contributed by atoms with Crippen LogP contribution in [-0.4, -0.2) is 56.7 Å². The molecule has 3 aromatic rings. The highest BCUT2D eigenvalue weighted by Crippen LogP contribution is 2.44. The first-order valence-electron chi connectivity index (χ1n) is 12.1. The van der Waals surface area contributed by atoms with Gasteiger partial charge in [0.15, 0.2) is 5.82 Å². The first-order chi connectivity index (χ1) is 17.0. The zero-order chi connectivity index (χ0) is 23.7. The maximum atomic E-state index is 13.2. The molecule has 8 nitrogen and oxygen atoms in total. The predicted molar refractivity (Wildman–Crippen MR) is 129 cm³/mol. The summed E-state index contributed by atoms with van der Waals surface area (Å²) in [6, 6.07) is 9.03. The van der Waals surface area contributed by atoms with Crippen LogP contribution in [0.15, 0.2) is 36.5 Å². The summed E-state index contributed by atoms with van der Waals surface area (Å²) in [4.78, 5) is 23.7. The number of fused-ring (bicyclic) bond motifs is 3. The van der Waals surface area contributed by atoms with Crippen LogP contribution in [0.4, 0.5) is 16.2 Å². The summed E-state index contributed by atoms with van der Waals surface area (Å²) in [5.74, 6) is 2.41. The van der Waals surface area contributed by atoms with E-state index in [1.54, 1.807) is 6.07 Å². The zero-order valence-electron chi connectivity index (χ0n) is 19.2. The third-order valence-corrected chi connectivity index (χ3v) is 8.11. The molecule has 1 amide bonds. The maximum absolute atomic E-state index is 13.2. The van der Waals surface area contributed by atoms with Gasteiger partial charge in [0, 0.05) is 49.1 Å². The number of halogens is 2. The fraction of sp³-hybridized carbons (Fsp3) is 0.440. The van der Waals surface area contributed by atoms with Crippen LogP contribution in [0.3, 0.4) is 0 Å². The van der Waals surface area contributed by atoms with Crippen molar-refractivity contribution >= 4 is 29.3 Å². The van der Waals surface area contributed by atoms with E-state index in [-0.39, 0.29) is 23.1 Å². The molecule has 35 heavy (non-hydrogen) atoms. The van der Waals surface area contributed by atoms with Crippen molar-refractivity contribution in [2.75, 3.05) is 36.0 Å². The number of hydrogen-bond donors (Lipinski definition) is 0. The van der Waals surface area contributed by atoms with Crippen molar-refractivity contribution in [3.8, 4) is 5.69 Å². The fourth-order valence-electron chi connectivity index (χ4n) is 5.85. The minimum atomic E-state index is -0.319. The second-order valence-electron chi connectivity index (χ2n) is 10.4. The first-order valence-corrected chi connectivity index (χ1v) is 12.5. The molecular weight excluding hydrogens is 469 g/mol. The van der Waals surface area contributed by atoms with Crippen molar-refractivity contribution in [2.45, 2.75) is 32.4 Å². The van der Waals surface area contributed by atoms with Gasteiger partial charge in [-0.2, -0.15) is 0 Å². The standard InChI is InChI=1S/C25H25ClFN7O/c26-18-4-6-20-17(8-18)10-31(23(35)16-2-1-3-16)11-22-29-30-24(34(20)22)33-14-25(15-33)12-32(13-25)21-7-5-19(27)9-28-21/h4-9,16H,1-3,10-15H2. The van der Waals surface area contributed by atoms with E-state index in [2.05, 4.69) is 29.5 Å². The number of carbonyl (C=O) groups excluding carboxylic acids is 1. The number of pyridine rings is 1. The monoisotopic (exact) mass is 493 g/mol. The van der Waals surface area contributed by atoms with Crippen molar-refractivity contribution in [1.82, 2.24) is 24.6 Å². The van der Waals surface area contributed by atoms with Gasteiger partial charge in [-0.05, 0) is 48.7 Å². The Morgan fingerprint density at radius 1 is 1.03 bits per heavy atom. The van der Waals surface area contributed by atoms with Gasteiger partial charge >= 0.3 is 0 Å². The van der Waals surface area contributed by atoms with Gasteiger partial charge in [-0.1, -0.05) is 18.0 Å². The summed E-state index contributed by atoms with van der Waals surface area (Å²) in [5, 5.41) is 9.75. The Hall–Kier alpha value is -3.20. The van der Waals surface area contributed by atoms with E-state index in [9.17, 15) is 9.18 Å². The van der Waals surface area contributed by atoms with Gasteiger partial charge < -0.3 is 14.7 Å². The number of nitrogens with zero attached hydrogens (tertiary/aromatic N) is 7.